The molecule has 0 unspecified atom stereocenters. The van der Waals surface area contributed by atoms with Crippen molar-refractivity contribution in [2.75, 3.05) is 7.11 Å². The van der Waals surface area contributed by atoms with Gasteiger partial charge in [0, 0.05) is 23.7 Å². The largest absolute Gasteiger partial charge is 0.497 e. The zero-order valence-electron chi connectivity index (χ0n) is 9.58. The summed E-state index contributed by atoms with van der Waals surface area (Å²) in [6.45, 7) is 0. The molecule has 1 aliphatic rings. The van der Waals surface area contributed by atoms with Gasteiger partial charge in [-0.15, -0.1) is 12.4 Å². The van der Waals surface area contributed by atoms with E-state index < -0.39 is 17.7 Å². The minimum absolute atomic E-state index is 0. The Bertz CT molecular complexity index is 373. The number of hydrogen-bond donors (Lipinski definition) is 1. The summed E-state index contributed by atoms with van der Waals surface area (Å²) < 4.78 is 32.0. The Hall–Kier alpha value is -0.870. The third-order valence-corrected chi connectivity index (χ3v) is 2.94. The fourth-order valence-electron chi connectivity index (χ4n) is 1.86. The minimum Gasteiger partial charge on any atom is -0.497 e. The molecule has 0 amide bonds. The molecule has 2 rings (SSSR count). The van der Waals surface area contributed by atoms with Crippen molar-refractivity contribution in [2.24, 2.45) is 11.7 Å². The average Bonchev–Trinajstić information content (AvgIpc) is 3.00. The van der Waals surface area contributed by atoms with Crippen molar-refractivity contribution in [3.63, 3.8) is 0 Å². The highest BCUT2D eigenvalue weighted by Gasteiger charge is 2.27. The first-order chi connectivity index (χ1) is 7.61. The molecule has 0 radical (unpaired) electrons. The maximum Gasteiger partial charge on any atom is 0.134 e. The Kier molecular flexibility index (Phi) is 4.71. The smallest absolute Gasteiger partial charge is 0.134 e. The minimum atomic E-state index is -0.620. The van der Waals surface area contributed by atoms with Crippen LogP contribution in [0.2, 0.25) is 0 Å². The lowest BCUT2D eigenvalue weighted by atomic mass is 10.0. The Labute approximate surface area is 106 Å². The Morgan fingerprint density at radius 1 is 1.35 bits per heavy atom. The normalized spacial score (nSPS) is 16.2. The molecule has 0 aliphatic heterocycles. The van der Waals surface area contributed by atoms with Gasteiger partial charge in [-0.05, 0) is 12.3 Å². The quantitative estimate of drug-likeness (QED) is 0.905. The number of halogens is 3. The lowest BCUT2D eigenvalue weighted by Crippen LogP contribution is -2.15. The van der Waals surface area contributed by atoms with E-state index in [-0.39, 0.29) is 23.7 Å². The van der Waals surface area contributed by atoms with E-state index in [1.165, 1.54) is 19.2 Å². The van der Waals surface area contributed by atoms with Crippen LogP contribution in [0.4, 0.5) is 8.78 Å². The molecule has 1 aliphatic carbocycles. The van der Waals surface area contributed by atoms with E-state index >= 15 is 0 Å². The van der Waals surface area contributed by atoms with E-state index in [1.54, 1.807) is 0 Å². The first-order valence-electron chi connectivity index (χ1n) is 5.40. The van der Waals surface area contributed by atoms with E-state index in [2.05, 4.69) is 0 Å². The number of nitrogens with two attached hydrogens (primary N) is 1. The third kappa shape index (κ3) is 3.30. The molecule has 1 fully saturated rings. The first-order valence-corrected chi connectivity index (χ1v) is 5.40. The fraction of sp³-hybridized carbons (Fsp3) is 0.500. The number of hydrogen-bond acceptors (Lipinski definition) is 2. The van der Waals surface area contributed by atoms with Gasteiger partial charge >= 0.3 is 0 Å². The zero-order valence-corrected chi connectivity index (χ0v) is 10.4. The van der Waals surface area contributed by atoms with Crippen molar-refractivity contribution in [1.29, 1.82) is 0 Å². The van der Waals surface area contributed by atoms with Crippen LogP contribution in [-0.2, 0) is 0 Å². The average molecular weight is 264 g/mol. The molecule has 0 saturated heterocycles. The van der Waals surface area contributed by atoms with Gasteiger partial charge in [-0.2, -0.15) is 0 Å². The lowest BCUT2D eigenvalue weighted by Gasteiger charge is -2.14. The fourth-order valence-corrected chi connectivity index (χ4v) is 1.86. The molecule has 0 aromatic heterocycles. The first kappa shape index (κ1) is 14.2. The van der Waals surface area contributed by atoms with Crippen molar-refractivity contribution >= 4 is 12.4 Å². The molecule has 2 N–H and O–H groups in total. The Morgan fingerprint density at radius 2 is 1.88 bits per heavy atom. The molecule has 2 nitrogen and oxygen atoms in total. The molecule has 1 saturated carbocycles. The molecular weight excluding hydrogens is 248 g/mol. The van der Waals surface area contributed by atoms with Crippen molar-refractivity contribution in [2.45, 2.75) is 25.3 Å². The lowest BCUT2D eigenvalue weighted by molar-refractivity contribution is 0.402. The SMILES string of the molecule is COc1cc(F)c([C@@H](N)CC2CC2)c(F)c1.Cl. The summed E-state index contributed by atoms with van der Waals surface area (Å²) in [5, 5.41) is 0. The zero-order chi connectivity index (χ0) is 11.7. The summed E-state index contributed by atoms with van der Waals surface area (Å²) in [4.78, 5) is 0. The summed E-state index contributed by atoms with van der Waals surface area (Å²) in [7, 11) is 1.37. The maximum absolute atomic E-state index is 13.6. The van der Waals surface area contributed by atoms with Crippen LogP contribution in [0.25, 0.3) is 0 Å². The van der Waals surface area contributed by atoms with E-state index in [9.17, 15) is 8.78 Å². The molecule has 1 atom stereocenters. The van der Waals surface area contributed by atoms with Gasteiger partial charge in [-0.1, -0.05) is 12.8 Å². The molecule has 96 valence electrons. The predicted molar refractivity (Wildman–Crippen MR) is 64.4 cm³/mol. The highest BCUT2D eigenvalue weighted by Crippen LogP contribution is 2.38. The van der Waals surface area contributed by atoms with Crippen molar-refractivity contribution < 1.29 is 13.5 Å². The van der Waals surface area contributed by atoms with Gasteiger partial charge in [0.05, 0.1) is 7.11 Å². The van der Waals surface area contributed by atoms with Crippen LogP contribution in [-0.4, -0.2) is 7.11 Å². The van der Waals surface area contributed by atoms with Gasteiger partial charge in [0.2, 0.25) is 0 Å². The molecule has 1 aromatic carbocycles. The highest BCUT2D eigenvalue weighted by atomic mass is 35.5. The van der Waals surface area contributed by atoms with Crippen LogP contribution in [0.15, 0.2) is 12.1 Å². The van der Waals surface area contributed by atoms with E-state index in [0.29, 0.717) is 12.3 Å². The summed E-state index contributed by atoms with van der Waals surface area (Å²) >= 11 is 0. The monoisotopic (exact) mass is 263 g/mol. The van der Waals surface area contributed by atoms with Crippen molar-refractivity contribution in [1.82, 2.24) is 0 Å². The molecule has 17 heavy (non-hydrogen) atoms. The van der Waals surface area contributed by atoms with Gasteiger partial charge in [0.1, 0.15) is 17.4 Å². The van der Waals surface area contributed by atoms with Crippen molar-refractivity contribution in [3.8, 4) is 5.75 Å². The summed E-state index contributed by atoms with van der Waals surface area (Å²) in [5.41, 5.74) is 5.79. The van der Waals surface area contributed by atoms with E-state index in [1.807, 2.05) is 0 Å². The topological polar surface area (TPSA) is 35.2 Å². The Balaban J connectivity index is 0.00000144. The van der Waals surface area contributed by atoms with Gasteiger partial charge in [0.15, 0.2) is 0 Å². The van der Waals surface area contributed by atoms with E-state index in [4.69, 9.17) is 10.5 Å². The van der Waals surface area contributed by atoms with E-state index in [0.717, 1.165) is 12.8 Å². The molecule has 1 aromatic rings. The number of ether oxygens (including phenoxy) is 1. The highest BCUT2D eigenvalue weighted by molar-refractivity contribution is 5.85. The van der Waals surface area contributed by atoms with Crippen LogP contribution in [0, 0.1) is 17.6 Å². The van der Waals surface area contributed by atoms with Crippen LogP contribution < -0.4 is 10.5 Å². The summed E-state index contributed by atoms with van der Waals surface area (Å²) in [6.07, 6.45) is 2.89. The molecular formula is C12H16ClF2NO. The van der Waals surface area contributed by atoms with Crippen LogP contribution in [0.1, 0.15) is 30.9 Å². The number of methoxy groups -OCH3 is 1. The van der Waals surface area contributed by atoms with Crippen molar-refractivity contribution in [3.05, 3.63) is 29.3 Å². The second-order valence-corrected chi connectivity index (χ2v) is 4.29. The van der Waals surface area contributed by atoms with Crippen LogP contribution in [0.5, 0.6) is 5.75 Å². The van der Waals surface area contributed by atoms with Crippen LogP contribution in [0.3, 0.4) is 0 Å². The third-order valence-electron chi connectivity index (χ3n) is 2.94. The van der Waals surface area contributed by atoms with Gasteiger partial charge in [0.25, 0.3) is 0 Å². The molecule has 5 heteroatoms. The second kappa shape index (κ2) is 5.65. The second-order valence-electron chi connectivity index (χ2n) is 4.29. The molecule has 0 spiro atoms. The molecule has 0 heterocycles. The standard InChI is InChI=1S/C12H15F2NO.ClH/c1-16-8-5-9(13)12(10(14)6-8)11(15)4-7-2-3-7;/h5-7,11H,2-4,15H2,1H3;1H/t11-;/m0./s1. The van der Waals surface area contributed by atoms with Gasteiger partial charge in [-0.25, -0.2) is 8.78 Å². The summed E-state index contributed by atoms with van der Waals surface area (Å²) in [6, 6.07) is 1.79. The summed E-state index contributed by atoms with van der Waals surface area (Å²) in [5.74, 6) is -0.525. The van der Waals surface area contributed by atoms with Crippen LogP contribution >= 0.6 is 12.4 Å². The van der Waals surface area contributed by atoms with Gasteiger partial charge in [-0.3, -0.25) is 0 Å². The number of rotatable bonds is 4. The van der Waals surface area contributed by atoms with Gasteiger partial charge < -0.3 is 10.5 Å². The molecule has 0 bridgehead atoms. The number of benzene rings is 1. The Morgan fingerprint density at radius 3 is 2.29 bits per heavy atom. The maximum atomic E-state index is 13.6. The predicted octanol–water partition coefficient (Wildman–Crippen LogP) is 3.20.